The van der Waals surface area contributed by atoms with Crippen molar-refractivity contribution in [3.8, 4) is 28.8 Å². The van der Waals surface area contributed by atoms with Gasteiger partial charge in [-0.2, -0.15) is 14.7 Å². The number of ether oxygens (including phenoxy) is 2. The second-order valence-corrected chi connectivity index (χ2v) is 12.3. The lowest BCUT2D eigenvalue weighted by atomic mass is 10.1. The van der Waals surface area contributed by atoms with Crippen LogP contribution in [-0.2, 0) is 9.73 Å². The molecule has 200 valence electrons. The summed E-state index contributed by atoms with van der Waals surface area (Å²) in [4.78, 5) is 10.9. The largest absolute Gasteiger partial charge is 0.489 e. The number of hydrogen-bond donors (Lipinski definition) is 1. The highest BCUT2D eigenvalue weighted by Gasteiger charge is 2.41. The number of rotatable bonds is 7. The molecule has 1 aliphatic carbocycles. The first-order chi connectivity index (χ1) is 18.9. The van der Waals surface area contributed by atoms with E-state index < -0.39 is 15.3 Å². The van der Waals surface area contributed by atoms with Crippen LogP contribution in [0.4, 0.5) is 11.5 Å². The number of fused-ring (bicyclic) bond motifs is 1. The lowest BCUT2D eigenvalue weighted by molar-refractivity contribution is 0.0854. The van der Waals surface area contributed by atoms with E-state index in [4.69, 9.17) is 9.47 Å². The Morgan fingerprint density at radius 3 is 2.62 bits per heavy atom. The number of hydrogen-bond acceptors (Lipinski definition) is 10. The Kier molecular flexibility index (Phi) is 6.32. The van der Waals surface area contributed by atoms with Gasteiger partial charge < -0.3 is 19.5 Å². The molecule has 11 nitrogen and oxygen atoms in total. The monoisotopic (exact) mass is 545 g/mol. The molecular formula is C27H27N7O4S. The Morgan fingerprint density at radius 1 is 1.15 bits per heavy atom. The quantitative estimate of drug-likeness (QED) is 0.371. The van der Waals surface area contributed by atoms with Crippen LogP contribution >= 0.6 is 0 Å². The molecule has 2 fully saturated rings. The van der Waals surface area contributed by atoms with Crippen LogP contribution in [-0.4, -0.2) is 72.8 Å². The molecule has 1 N–H and O–H groups in total. The average molecular weight is 546 g/mol. The number of anilines is 1. The highest BCUT2D eigenvalue weighted by molar-refractivity contribution is 7.93. The highest BCUT2D eigenvalue weighted by Crippen LogP contribution is 2.37. The number of methoxy groups -OCH3 is 1. The Labute approximate surface area is 225 Å². The maximum absolute atomic E-state index is 13.3. The summed E-state index contributed by atoms with van der Waals surface area (Å²) in [5.41, 5.74) is 2.50. The minimum Gasteiger partial charge on any atom is -0.489 e. The van der Waals surface area contributed by atoms with E-state index in [1.165, 1.54) is 6.20 Å². The Balaban J connectivity index is 1.21. The first kappa shape index (κ1) is 25.1. The van der Waals surface area contributed by atoms with Gasteiger partial charge >= 0.3 is 0 Å². The van der Waals surface area contributed by atoms with Crippen LogP contribution < -0.4 is 14.4 Å². The summed E-state index contributed by atoms with van der Waals surface area (Å²) in [5, 5.41) is 24.1. The molecule has 0 radical (unpaired) electrons. The fourth-order valence-electron chi connectivity index (χ4n) is 4.50. The fraction of sp³-hybridized carbons (Fsp3) is 0.333. The van der Waals surface area contributed by atoms with E-state index in [1.54, 1.807) is 42.3 Å². The van der Waals surface area contributed by atoms with Crippen LogP contribution in [0, 0.1) is 11.3 Å². The van der Waals surface area contributed by atoms with Crippen molar-refractivity contribution in [1.29, 1.82) is 5.26 Å². The molecule has 6 rings (SSSR count). The minimum atomic E-state index is -2.39. The molecule has 0 atom stereocenters. The zero-order valence-corrected chi connectivity index (χ0v) is 22.2. The van der Waals surface area contributed by atoms with Gasteiger partial charge in [0, 0.05) is 48.0 Å². The number of nitriles is 1. The highest BCUT2D eigenvalue weighted by atomic mass is 32.2. The Hall–Kier alpha value is -4.21. The predicted molar refractivity (Wildman–Crippen MR) is 146 cm³/mol. The van der Waals surface area contributed by atoms with Crippen molar-refractivity contribution in [3.63, 3.8) is 0 Å². The molecule has 0 amide bonds. The molecule has 1 saturated carbocycles. The van der Waals surface area contributed by atoms with E-state index in [-0.39, 0.29) is 6.61 Å². The fourth-order valence-corrected chi connectivity index (χ4v) is 6.39. The van der Waals surface area contributed by atoms with Gasteiger partial charge in [0.2, 0.25) is 5.88 Å². The summed E-state index contributed by atoms with van der Waals surface area (Å²) in [6.45, 7) is 1.34. The molecule has 12 heteroatoms. The maximum atomic E-state index is 13.3. The summed E-state index contributed by atoms with van der Waals surface area (Å²) < 4.78 is 30.4. The second-order valence-electron chi connectivity index (χ2n) is 9.79. The third-order valence-electron chi connectivity index (χ3n) is 6.99. The summed E-state index contributed by atoms with van der Waals surface area (Å²) in [6.07, 6.45) is 8.03. The van der Waals surface area contributed by atoms with Crippen LogP contribution in [0.25, 0.3) is 16.6 Å². The van der Waals surface area contributed by atoms with Gasteiger partial charge in [0.05, 0.1) is 57.8 Å². The maximum Gasteiger partial charge on any atom is 0.213 e. The van der Waals surface area contributed by atoms with Crippen molar-refractivity contribution in [3.05, 3.63) is 60.7 Å². The van der Waals surface area contributed by atoms with Crippen molar-refractivity contribution in [2.45, 2.75) is 18.4 Å². The van der Waals surface area contributed by atoms with Gasteiger partial charge in [-0.05, 0) is 37.1 Å². The molecule has 0 unspecified atom stereocenters. The molecule has 2 aliphatic rings. The van der Waals surface area contributed by atoms with E-state index >= 15 is 0 Å². The molecule has 39 heavy (non-hydrogen) atoms. The van der Waals surface area contributed by atoms with E-state index in [0.717, 1.165) is 29.8 Å². The topological polar surface area (TPSA) is 138 Å². The number of pyridine rings is 3. The zero-order valence-electron chi connectivity index (χ0n) is 21.4. The van der Waals surface area contributed by atoms with Crippen LogP contribution in [0.5, 0.6) is 11.6 Å². The van der Waals surface area contributed by atoms with Gasteiger partial charge in [0.15, 0.2) is 0 Å². The number of aliphatic hydroxyl groups is 1. The second kappa shape index (κ2) is 9.83. The van der Waals surface area contributed by atoms with Crippen LogP contribution in [0.2, 0.25) is 0 Å². The van der Waals surface area contributed by atoms with Gasteiger partial charge in [-0.3, -0.25) is 0 Å². The molecule has 1 saturated heterocycles. The van der Waals surface area contributed by atoms with Crippen LogP contribution in [0.15, 0.2) is 59.5 Å². The van der Waals surface area contributed by atoms with Crippen LogP contribution in [0.1, 0.15) is 18.4 Å². The van der Waals surface area contributed by atoms with Crippen molar-refractivity contribution in [1.82, 2.24) is 19.6 Å². The van der Waals surface area contributed by atoms with E-state index in [1.807, 2.05) is 18.2 Å². The summed E-state index contributed by atoms with van der Waals surface area (Å²) in [6, 6.07) is 11.4. The first-order valence-electron chi connectivity index (χ1n) is 12.6. The van der Waals surface area contributed by atoms with Gasteiger partial charge in [-0.1, -0.05) is 0 Å². The van der Waals surface area contributed by atoms with Gasteiger partial charge in [-0.25, -0.2) is 18.7 Å². The average Bonchev–Trinajstić information content (AvgIpc) is 3.55. The third-order valence-corrected chi connectivity index (χ3v) is 9.17. The standard InChI is InChI=1S/C27H27N7O4S/c1-37-25-5-3-21(16-30-25)32-39(36)10-8-33(9-11-39)24-4-2-19(14-29-24)23-12-22(38-18-27(35)6-7-27)17-34-26(23)20(13-28)15-31-34/h2-5,12,14-17,35H,6-11,18H2,1H3. The summed E-state index contributed by atoms with van der Waals surface area (Å²) >= 11 is 0. The first-order valence-corrected chi connectivity index (χ1v) is 14.4. The molecule has 5 heterocycles. The summed E-state index contributed by atoms with van der Waals surface area (Å²) in [5.74, 6) is 2.67. The summed E-state index contributed by atoms with van der Waals surface area (Å²) in [7, 11) is -0.847. The van der Waals surface area contributed by atoms with Crippen LogP contribution in [0.3, 0.4) is 0 Å². The molecule has 0 bridgehead atoms. The minimum absolute atomic E-state index is 0.209. The SMILES string of the molecule is COc1ccc(N=S2(=O)CCN(c3ccc(-c4cc(OCC5(O)CC5)cn5ncc(C#N)c45)cn3)CC2)cn1. The van der Waals surface area contributed by atoms with E-state index in [2.05, 4.69) is 30.4 Å². The van der Waals surface area contributed by atoms with Crippen molar-refractivity contribution < 1.29 is 18.8 Å². The normalized spacial score (nSPS) is 17.4. The van der Waals surface area contributed by atoms with Crippen molar-refractivity contribution in [2.75, 3.05) is 43.2 Å². The molecule has 0 spiro atoms. The van der Waals surface area contributed by atoms with E-state index in [0.29, 0.717) is 53.0 Å². The molecular weight excluding hydrogens is 518 g/mol. The zero-order chi connectivity index (χ0) is 27.0. The Bertz CT molecular complexity index is 1670. The lowest BCUT2D eigenvalue weighted by Gasteiger charge is -2.29. The smallest absolute Gasteiger partial charge is 0.213 e. The van der Waals surface area contributed by atoms with Gasteiger partial charge in [-0.15, -0.1) is 0 Å². The predicted octanol–water partition coefficient (Wildman–Crippen LogP) is 3.19. The molecule has 4 aromatic heterocycles. The number of aromatic nitrogens is 4. The lowest BCUT2D eigenvalue weighted by Crippen LogP contribution is -2.40. The van der Waals surface area contributed by atoms with Crippen molar-refractivity contribution in [2.24, 2.45) is 4.36 Å². The molecule has 4 aromatic rings. The number of nitrogens with zero attached hydrogens (tertiary/aromatic N) is 7. The van der Waals surface area contributed by atoms with Gasteiger partial charge in [0.1, 0.15) is 24.2 Å². The molecule has 0 aromatic carbocycles. The van der Waals surface area contributed by atoms with Crippen molar-refractivity contribution >= 4 is 26.8 Å². The van der Waals surface area contributed by atoms with Gasteiger partial charge in [0.25, 0.3) is 0 Å². The third kappa shape index (κ3) is 5.23. The molecule has 1 aliphatic heterocycles. The Morgan fingerprint density at radius 2 is 1.97 bits per heavy atom. The van der Waals surface area contributed by atoms with E-state index in [9.17, 15) is 14.6 Å².